The van der Waals surface area contributed by atoms with E-state index in [4.69, 9.17) is 4.74 Å². The first kappa shape index (κ1) is 16.5. The summed E-state index contributed by atoms with van der Waals surface area (Å²) in [5.74, 6) is 0.360. The summed E-state index contributed by atoms with van der Waals surface area (Å²) in [5, 5.41) is 0. The lowest BCUT2D eigenvalue weighted by Crippen LogP contribution is -2.09. The first-order valence-corrected chi connectivity index (χ1v) is 6.54. The molecule has 0 heterocycles. The van der Waals surface area contributed by atoms with Gasteiger partial charge in [0.2, 0.25) is 0 Å². The minimum Gasteiger partial charge on any atom is -0.496 e. The number of carbonyl (C=O) groups is 1. The number of rotatable bonds is 6. The topological polar surface area (TPSA) is 26.3 Å². The van der Waals surface area contributed by atoms with E-state index < -0.39 is 11.7 Å². The molecule has 0 aromatic heterocycles. The molecule has 0 N–H and O–H groups in total. The number of methoxy groups -OCH3 is 1. The van der Waals surface area contributed by atoms with E-state index in [0.717, 1.165) is 12.1 Å². The summed E-state index contributed by atoms with van der Waals surface area (Å²) in [7, 11) is 1.43. The molecule has 0 radical (unpaired) electrons. The van der Waals surface area contributed by atoms with Crippen LogP contribution in [0.15, 0.2) is 18.2 Å². The lowest BCUT2D eigenvalue weighted by Gasteiger charge is -2.19. The number of ether oxygens (including phenoxy) is 1. The summed E-state index contributed by atoms with van der Waals surface area (Å²) in [4.78, 5) is 11.1. The van der Waals surface area contributed by atoms with Gasteiger partial charge >= 0.3 is 6.18 Å². The van der Waals surface area contributed by atoms with Crippen LogP contribution in [0, 0.1) is 0 Å². The first-order chi connectivity index (χ1) is 9.29. The molecule has 112 valence electrons. The summed E-state index contributed by atoms with van der Waals surface area (Å²) in [5.41, 5.74) is -0.166. The van der Waals surface area contributed by atoms with Crippen LogP contribution in [0.3, 0.4) is 0 Å². The smallest absolute Gasteiger partial charge is 0.416 e. The largest absolute Gasteiger partial charge is 0.496 e. The zero-order chi connectivity index (χ0) is 15.3. The van der Waals surface area contributed by atoms with Crippen LogP contribution in [-0.2, 0) is 11.0 Å². The van der Waals surface area contributed by atoms with E-state index in [1.165, 1.54) is 20.1 Å². The monoisotopic (exact) mass is 288 g/mol. The van der Waals surface area contributed by atoms with Crippen LogP contribution in [0.2, 0.25) is 0 Å². The molecule has 20 heavy (non-hydrogen) atoms. The van der Waals surface area contributed by atoms with Crippen molar-refractivity contribution >= 4 is 5.78 Å². The molecule has 0 aliphatic carbocycles. The lowest BCUT2D eigenvalue weighted by atomic mass is 9.89. The molecule has 0 fully saturated rings. The van der Waals surface area contributed by atoms with Crippen molar-refractivity contribution in [2.75, 3.05) is 7.11 Å². The van der Waals surface area contributed by atoms with Crippen molar-refractivity contribution in [3.63, 3.8) is 0 Å². The van der Waals surface area contributed by atoms with Crippen molar-refractivity contribution in [1.82, 2.24) is 0 Å². The number of halogens is 3. The second-order valence-corrected chi connectivity index (χ2v) is 4.80. The highest BCUT2D eigenvalue weighted by Gasteiger charge is 2.32. The Kier molecular flexibility index (Phi) is 5.60. The minimum atomic E-state index is -4.38. The van der Waals surface area contributed by atoms with Gasteiger partial charge in [-0.25, -0.2) is 0 Å². The molecule has 0 spiro atoms. The van der Waals surface area contributed by atoms with Crippen LogP contribution < -0.4 is 4.74 Å². The van der Waals surface area contributed by atoms with Gasteiger partial charge in [-0.1, -0.05) is 6.92 Å². The molecule has 0 aliphatic rings. The first-order valence-electron chi connectivity index (χ1n) is 6.54. The number of carbonyl (C=O) groups excluding carboxylic acids is 1. The van der Waals surface area contributed by atoms with Gasteiger partial charge < -0.3 is 9.53 Å². The van der Waals surface area contributed by atoms with Gasteiger partial charge in [-0.05, 0) is 49.4 Å². The fourth-order valence-corrected chi connectivity index (χ4v) is 2.19. The van der Waals surface area contributed by atoms with Gasteiger partial charge in [0.15, 0.2) is 0 Å². The maximum Gasteiger partial charge on any atom is 0.416 e. The second kappa shape index (κ2) is 6.77. The zero-order valence-corrected chi connectivity index (χ0v) is 11.9. The van der Waals surface area contributed by atoms with Gasteiger partial charge in [-0.3, -0.25) is 0 Å². The van der Waals surface area contributed by atoms with E-state index in [1.807, 2.05) is 6.92 Å². The zero-order valence-electron chi connectivity index (χ0n) is 11.9. The Hall–Kier alpha value is -1.52. The SMILES string of the molecule is CCC(CCC(C)=O)c1cc(C(F)(F)F)ccc1OC. The molecule has 1 atom stereocenters. The van der Waals surface area contributed by atoms with E-state index in [0.29, 0.717) is 30.6 Å². The Labute approximate surface area is 116 Å². The van der Waals surface area contributed by atoms with E-state index in [-0.39, 0.29) is 11.7 Å². The van der Waals surface area contributed by atoms with E-state index in [2.05, 4.69) is 0 Å². The number of hydrogen-bond acceptors (Lipinski definition) is 2. The molecule has 2 nitrogen and oxygen atoms in total. The molecule has 1 aromatic rings. The van der Waals surface area contributed by atoms with Crippen LogP contribution in [0.5, 0.6) is 5.75 Å². The van der Waals surface area contributed by atoms with Gasteiger partial charge in [0.25, 0.3) is 0 Å². The number of Topliss-reactive ketones (excluding diaryl/α,β-unsaturated/α-hetero) is 1. The van der Waals surface area contributed by atoms with Gasteiger partial charge in [0, 0.05) is 6.42 Å². The summed E-state index contributed by atoms with van der Waals surface area (Å²) >= 11 is 0. The van der Waals surface area contributed by atoms with Crippen LogP contribution in [-0.4, -0.2) is 12.9 Å². The molecule has 1 aromatic carbocycles. The third-order valence-electron chi connectivity index (χ3n) is 3.33. The molecular formula is C15H19F3O2. The fourth-order valence-electron chi connectivity index (χ4n) is 2.19. The highest BCUT2D eigenvalue weighted by atomic mass is 19.4. The molecule has 1 unspecified atom stereocenters. The summed E-state index contributed by atoms with van der Waals surface area (Å²) in [6.07, 6.45) is -2.83. The Morgan fingerprint density at radius 2 is 2.00 bits per heavy atom. The van der Waals surface area contributed by atoms with Crippen molar-refractivity contribution in [2.45, 2.75) is 45.2 Å². The van der Waals surface area contributed by atoms with Gasteiger partial charge in [0.05, 0.1) is 12.7 Å². The molecule has 5 heteroatoms. The highest BCUT2D eigenvalue weighted by molar-refractivity contribution is 5.75. The predicted octanol–water partition coefficient (Wildman–Crippen LogP) is 4.58. The molecule has 0 aliphatic heterocycles. The Balaban J connectivity index is 3.13. The normalized spacial score (nSPS) is 13.1. The molecule has 1 rings (SSSR count). The number of ketones is 1. The number of benzene rings is 1. The molecule has 0 amide bonds. The van der Waals surface area contributed by atoms with Gasteiger partial charge in [-0.2, -0.15) is 13.2 Å². The van der Waals surface area contributed by atoms with Crippen LogP contribution in [0.1, 0.15) is 50.2 Å². The Morgan fingerprint density at radius 1 is 1.35 bits per heavy atom. The van der Waals surface area contributed by atoms with Gasteiger partial charge in [-0.15, -0.1) is 0 Å². The summed E-state index contributed by atoms with van der Waals surface area (Å²) in [6, 6.07) is 3.49. The molecule has 0 bridgehead atoms. The summed E-state index contributed by atoms with van der Waals surface area (Å²) in [6.45, 7) is 3.38. The maximum absolute atomic E-state index is 12.8. The number of hydrogen-bond donors (Lipinski definition) is 0. The average molecular weight is 288 g/mol. The second-order valence-electron chi connectivity index (χ2n) is 4.80. The third-order valence-corrected chi connectivity index (χ3v) is 3.33. The Morgan fingerprint density at radius 3 is 2.45 bits per heavy atom. The van der Waals surface area contributed by atoms with Crippen molar-refractivity contribution in [3.8, 4) is 5.75 Å². The number of alkyl halides is 3. The van der Waals surface area contributed by atoms with E-state index in [9.17, 15) is 18.0 Å². The van der Waals surface area contributed by atoms with E-state index in [1.54, 1.807) is 0 Å². The predicted molar refractivity (Wildman–Crippen MR) is 70.9 cm³/mol. The fraction of sp³-hybridized carbons (Fsp3) is 0.533. The standard InChI is InChI=1S/C15H19F3O2/c1-4-11(6-5-10(2)19)13-9-12(15(16,17)18)7-8-14(13)20-3/h7-9,11H,4-6H2,1-3H3. The van der Waals surface area contributed by atoms with Crippen molar-refractivity contribution in [1.29, 1.82) is 0 Å². The quantitative estimate of drug-likeness (QED) is 0.766. The Bertz CT molecular complexity index is 467. The van der Waals surface area contributed by atoms with Crippen molar-refractivity contribution in [2.24, 2.45) is 0 Å². The molecule has 0 saturated heterocycles. The van der Waals surface area contributed by atoms with E-state index >= 15 is 0 Å². The van der Waals surface area contributed by atoms with Crippen LogP contribution in [0.25, 0.3) is 0 Å². The average Bonchev–Trinajstić information content (AvgIpc) is 2.37. The van der Waals surface area contributed by atoms with Crippen molar-refractivity contribution < 1.29 is 22.7 Å². The third kappa shape index (κ3) is 4.25. The lowest BCUT2D eigenvalue weighted by molar-refractivity contribution is -0.137. The minimum absolute atomic E-state index is 0.0365. The van der Waals surface area contributed by atoms with Crippen LogP contribution >= 0.6 is 0 Å². The summed E-state index contributed by atoms with van der Waals surface area (Å²) < 4.78 is 43.5. The maximum atomic E-state index is 12.8. The molecular weight excluding hydrogens is 269 g/mol. The van der Waals surface area contributed by atoms with Gasteiger partial charge in [0.1, 0.15) is 11.5 Å². The van der Waals surface area contributed by atoms with Crippen LogP contribution in [0.4, 0.5) is 13.2 Å². The highest BCUT2D eigenvalue weighted by Crippen LogP contribution is 2.37. The van der Waals surface area contributed by atoms with Crippen molar-refractivity contribution in [3.05, 3.63) is 29.3 Å². The molecule has 0 saturated carbocycles.